The van der Waals surface area contributed by atoms with Gasteiger partial charge in [0, 0.05) is 11.4 Å². The second-order valence-corrected chi connectivity index (χ2v) is 6.50. The third-order valence-electron chi connectivity index (χ3n) is 3.55. The van der Waals surface area contributed by atoms with Gasteiger partial charge in [-0.25, -0.2) is 4.98 Å². The van der Waals surface area contributed by atoms with Crippen LogP contribution in [-0.2, 0) is 6.42 Å². The molecule has 2 rings (SSSR count). The maximum absolute atomic E-state index is 9.26. The summed E-state index contributed by atoms with van der Waals surface area (Å²) in [6.07, 6.45) is 1.96. The number of pyridine rings is 1. The van der Waals surface area contributed by atoms with Crippen LogP contribution in [0.15, 0.2) is 35.4 Å². The van der Waals surface area contributed by atoms with Gasteiger partial charge in [-0.1, -0.05) is 19.1 Å². The average Bonchev–Trinajstić information content (AvgIpc) is 2.54. The molecule has 0 amide bonds. The van der Waals surface area contributed by atoms with Crippen molar-refractivity contribution in [3.8, 4) is 11.8 Å². The third-order valence-corrected chi connectivity index (χ3v) is 4.61. The van der Waals surface area contributed by atoms with Crippen molar-refractivity contribution in [1.29, 1.82) is 5.26 Å². The van der Waals surface area contributed by atoms with Crippen molar-refractivity contribution >= 4 is 11.8 Å². The molecule has 0 saturated carbocycles. The molecule has 1 aromatic carbocycles. The van der Waals surface area contributed by atoms with E-state index in [9.17, 15) is 5.26 Å². The number of rotatable bonds is 7. The highest BCUT2D eigenvalue weighted by Gasteiger charge is 2.08. The van der Waals surface area contributed by atoms with Crippen LogP contribution >= 0.6 is 11.8 Å². The fourth-order valence-corrected chi connectivity index (χ4v) is 3.30. The van der Waals surface area contributed by atoms with Crippen LogP contribution in [0.1, 0.15) is 35.7 Å². The number of ether oxygens (including phenoxy) is 1. The van der Waals surface area contributed by atoms with E-state index in [2.05, 4.69) is 30.1 Å². The van der Waals surface area contributed by atoms with E-state index >= 15 is 0 Å². The average molecular weight is 326 g/mol. The normalized spacial score (nSPS) is 10.3. The smallest absolute Gasteiger partial charge is 0.119 e. The molecule has 0 atom stereocenters. The van der Waals surface area contributed by atoms with E-state index in [-0.39, 0.29) is 0 Å². The van der Waals surface area contributed by atoms with E-state index in [1.54, 1.807) is 11.8 Å². The van der Waals surface area contributed by atoms with Gasteiger partial charge in [-0.05, 0) is 56.0 Å². The van der Waals surface area contributed by atoms with Gasteiger partial charge in [-0.2, -0.15) is 5.26 Å². The quantitative estimate of drug-likeness (QED) is 0.547. The Hall–Kier alpha value is -1.99. The lowest BCUT2D eigenvalue weighted by atomic mass is 10.1. The zero-order valence-electron chi connectivity index (χ0n) is 13.9. The van der Waals surface area contributed by atoms with E-state index in [1.807, 2.05) is 32.0 Å². The van der Waals surface area contributed by atoms with Crippen molar-refractivity contribution < 1.29 is 4.74 Å². The first-order valence-corrected chi connectivity index (χ1v) is 8.85. The minimum absolute atomic E-state index is 0.672. The van der Waals surface area contributed by atoms with E-state index in [0.29, 0.717) is 12.2 Å². The van der Waals surface area contributed by atoms with Gasteiger partial charge < -0.3 is 4.74 Å². The monoisotopic (exact) mass is 326 g/mol. The first-order valence-electron chi connectivity index (χ1n) is 7.87. The van der Waals surface area contributed by atoms with Gasteiger partial charge in [0.05, 0.1) is 12.2 Å². The van der Waals surface area contributed by atoms with Gasteiger partial charge in [0.2, 0.25) is 0 Å². The van der Waals surface area contributed by atoms with Crippen LogP contribution < -0.4 is 4.74 Å². The molecule has 2 aromatic rings. The van der Waals surface area contributed by atoms with Crippen LogP contribution in [0, 0.1) is 25.2 Å². The summed E-state index contributed by atoms with van der Waals surface area (Å²) >= 11 is 1.63. The number of aromatic nitrogens is 1. The first-order chi connectivity index (χ1) is 11.1. The van der Waals surface area contributed by atoms with Crippen LogP contribution in [-0.4, -0.2) is 17.3 Å². The van der Waals surface area contributed by atoms with Gasteiger partial charge in [-0.15, -0.1) is 11.8 Å². The van der Waals surface area contributed by atoms with Gasteiger partial charge in [-0.3, -0.25) is 0 Å². The van der Waals surface area contributed by atoms with Crippen molar-refractivity contribution in [2.45, 2.75) is 38.6 Å². The third kappa shape index (κ3) is 5.01. The van der Waals surface area contributed by atoms with Gasteiger partial charge in [0.1, 0.15) is 16.8 Å². The Labute approximate surface area is 142 Å². The molecule has 4 heteroatoms. The Morgan fingerprint density at radius 3 is 2.61 bits per heavy atom. The second-order valence-electron chi connectivity index (χ2n) is 5.42. The molecule has 23 heavy (non-hydrogen) atoms. The number of nitrogens with zero attached hydrogens (tertiary/aromatic N) is 2. The minimum atomic E-state index is 0.672. The number of benzene rings is 1. The Morgan fingerprint density at radius 2 is 1.96 bits per heavy atom. The Morgan fingerprint density at radius 1 is 1.22 bits per heavy atom. The van der Waals surface area contributed by atoms with E-state index in [1.165, 1.54) is 5.56 Å². The van der Waals surface area contributed by atoms with Crippen molar-refractivity contribution in [3.05, 3.63) is 52.7 Å². The molecule has 0 N–H and O–H groups in total. The highest BCUT2D eigenvalue weighted by molar-refractivity contribution is 7.99. The molecule has 0 radical (unpaired) electrons. The van der Waals surface area contributed by atoms with Crippen LogP contribution in [0.4, 0.5) is 0 Å². The summed E-state index contributed by atoms with van der Waals surface area (Å²) in [5, 5.41) is 10.1. The lowest BCUT2D eigenvalue weighted by Crippen LogP contribution is -2.00. The molecule has 0 unspecified atom stereocenters. The topological polar surface area (TPSA) is 45.9 Å². The lowest BCUT2D eigenvalue weighted by molar-refractivity contribution is 0.318. The van der Waals surface area contributed by atoms with Crippen molar-refractivity contribution in [1.82, 2.24) is 4.98 Å². The zero-order chi connectivity index (χ0) is 16.7. The number of hydrogen-bond donors (Lipinski definition) is 0. The number of hydrogen-bond acceptors (Lipinski definition) is 4. The van der Waals surface area contributed by atoms with Crippen molar-refractivity contribution in [3.63, 3.8) is 0 Å². The van der Waals surface area contributed by atoms with Crippen molar-refractivity contribution in [2.75, 3.05) is 12.4 Å². The molecular formula is C19H22N2OS. The lowest BCUT2D eigenvalue weighted by Gasteiger charge is -2.08. The Bertz CT molecular complexity index is 690. The molecule has 0 aliphatic rings. The number of thioether (sulfide) groups is 1. The molecule has 0 fully saturated rings. The largest absolute Gasteiger partial charge is 0.494 e. The summed E-state index contributed by atoms with van der Waals surface area (Å²) in [5.74, 6) is 1.80. The molecule has 0 aliphatic carbocycles. The highest BCUT2D eigenvalue weighted by Crippen LogP contribution is 2.24. The minimum Gasteiger partial charge on any atom is -0.494 e. The molecular weight excluding hydrogens is 304 g/mol. The van der Waals surface area contributed by atoms with Gasteiger partial charge >= 0.3 is 0 Å². The summed E-state index contributed by atoms with van der Waals surface area (Å²) in [5.41, 5.74) is 3.96. The standard InChI is InChI=1S/C19H22N2OS/c1-4-16-6-8-17(9-7-16)22-10-5-11-23-19-18(13-20)14(2)12-15(3)21-19/h6-9,12H,4-5,10-11H2,1-3H3. The van der Waals surface area contributed by atoms with Gasteiger partial charge in [0.15, 0.2) is 0 Å². The molecule has 0 aliphatic heterocycles. The molecule has 3 nitrogen and oxygen atoms in total. The fourth-order valence-electron chi connectivity index (χ4n) is 2.28. The first kappa shape index (κ1) is 17.4. The van der Waals surface area contributed by atoms with Crippen LogP contribution in [0.25, 0.3) is 0 Å². The summed E-state index contributed by atoms with van der Waals surface area (Å²) in [7, 11) is 0. The maximum atomic E-state index is 9.26. The molecule has 120 valence electrons. The van der Waals surface area contributed by atoms with Crippen LogP contribution in [0.2, 0.25) is 0 Å². The molecule has 0 bridgehead atoms. The zero-order valence-corrected chi connectivity index (χ0v) is 14.7. The highest BCUT2D eigenvalue weighted by atomic mass is 32.2. The summed E-state index contributed by atoms with van der Waals surface area (Å²) < 4.78 is 5.75. The second kappa shape index (κ2) is 8.59. The van der Waals surface area contributed by atoms with E-state index in [0.717, 1.165) is 40.6 Å². The summed E-state index contributed by atoms with van der Waals surface area (Å²) in [6.45, 7) is 6.73. The predicted octanol–water partition coefficient (Wildman–Crippen LogP) is 4.69. The fraction of sp³-hybridized carbons (Fsp3) is 0.368. The van der Waals surface area contributed by atoms with Crippen molar-refractivity contribution in [2.24, 2.45) is 0 Å². The Kier molecular flexibility index (Phi) is 6.49. The van der Waals surface area contributed by atoms with Gasteiger partial charge in [0.25, 0.3) is 0 Å². The van der Waals surface area contributed by atoms with Crippen LogP contribution in [0.3, 0.4) is 0 Å². The SMILES string of the molecule is CCc1ccc(OCCCSc2nc(C)cc(C)c2C#N)cc1. The maximum Gasteiger partial charge on any atom is 0.119 e. The van der Waals surface area contributed by atoms with E-state index in [4.69, 9.17) is 4.74 Å². The Balaban J connectivity index is 1.80. The molecule has 0 saturated heterocycles. The molecule has 1 aromatic heterocycles. The predicted molar refractivity (Wildman–Crippen MR) is 95.1 cm³/mol. The summed E-state index contributed by atoms with van der Waals surface area (Å²) in [4.78, 5) is 4.48. The van der Waals surface area contributed by atoms with Crippen LogP contribution in [0.5, 0.6) is 5.75 Å². The number of aryl methyl sites for hydroxylation is 3. The number of nitriles is 1. The van der Waals surface area contributed by atoms with E-state index < -0.39 is 0 Å². The summed E-state index contributed by atoms with van der Waals surface area (Å²) in [6, 6.07) is 12.4. The molecule has 0 spiro atoms. The molecule has 1 heterocycles.